The fourth-order valence-electron chi connectivity index (χ4n) is 1.20. The number of carbonyl (C=O) groups is 2. The van der Waals surface area contributed by atoms with Crippen LogP contribution in [0.5, 0.6) is 0 Å². The first-order chi connectivity index (χ1) is 7.47. The minimum absolute atomic E-state index is 0.0138. The van der Waals surface area contributed by atoms with Crippen LogP contribution in [-0.2, 0) is 17.9 Å². The summed E-state index contributed by atoms with van der Waals surface area (Å²) in [7, 11) is 0. The van der Waals surface area contributed by atoms with Crippen molar-refractivity contribution in [2.24, 2.45) is 17.4 Å². The molecule has 8 heteroatoms. The zero-order valence-electron chi connectivity index (χ0n) is 8.75. The summed E-state index contributed by atoms with van der Waals surface area (Å²) < 4.78 is 1.29. The van der Waals surface area contributed by atoms with E-state index in [9.17, 15) is 9.59 Å². The van der Waals surface area contributed by atoms with Crippen LogP contribution in [0.15, 0.2) is 0 Å². The van der Waals surface area contributed by atoms with Crippen LogP contribution in [0.1, 0.15) is 23.1 Å². The second-order valence-corrected chi connectivity index (χ2v) is 3.38. The van der Waals surface area contributed by atoms with Gasteiger partial charge in [-0.2, -0.15) is 0 Å². The van der Waals surface area contributed by atoms with Crippen molar-refractivity contribution in [1.29, 1.82) is 0 Å². The average molecular weight is 227 g/mol. The molecule has 1 amide bonds. The van der Waals surface area contributed by atoms with Crippen molar-refractivity contribution in [2.45, 2.75) is 20.0 Å². The predicted molar refractivity (Wildman–Crippen MR) is 53.2 cm³/mol. The number of carboxylic acids is 1. The molecule has 1 atom stereocenters. The highest BCUT2D eigenvalue weighted by Crippen LogP contribution is 2.07. The summed E-state index contributed by atoms with van der Waals surface area (Å²) in [6, 6.07) is 0. The van der Waals surface area contributed by atoms with Gasteiger partial charge in [0, 0.05) is 6.54 Å². The van der Waals surface area contributed by atoms with E-state index >= 15 is 0 Å². The van der Waals surface area contributed by atoms with E-state index in [0.29, 0.717) is 0 Å². The summed E-state index contributed by atoms with van der Waals surface area (Å²) >= 11 is 0. The molecule has 1 aromatic heterocycles. The largest absolute Gasteiger partial charge is 0.476 e. The number of nitrogens with two attached hydrogens (primary N) is 2. The Morgan fingerprint density at radius 1 is 1.56 bits per heavy atom. The Labute approximate surface area is 91.2 Å². The zero-order chi connectivity index (χ0) is 12.3. The summed E-state index contributed by atoms with van der Waals surface area (Å²) in [6.45, 7) is 1.77. The molecule has 5 N–H and O–H groups in total. The first-order valence-electron chi connectivity index (χ1n) is 4.62. The molecular weight excluding hydrogens is 214 g/mol. The molecule has 0 bridgehead atoms. The van der Waals surface area contributed by atoms with Crippen LogP contribution in [0.2, 0.25) is 0 Å². The Bertz CT molecular complexity index is 414. The monoisotopic (exact) mass is 227 g/mol. The van der Waals surface area contributed by atoms with E-state index in [-0.39, 0.29) is 24.5 Å². The van der Waals surface area contributed by atoms with Gasteiger partial charge in [-0.15, -0.1) is 5.10 Å². The van der Waals surface area contributed by atoms with Crippen LogP contribution in [0.4, 0.5) is 0 Å². The van der Waals surface area contributed by atoms with Gasteiger partial charge in [0.1, 0.15) is 0 Å². The lowest BCUT2D eigenvalue weighted by atomic mass is 10.1. The molecule has 0 saturated carbocycles. The van der Waals surface area contributed by atoms with Crippen molar-refractivity contribution >= 4 is 11.9 Å². The van der Waals surface area contributed by atoms with Gasteiger partial charge in [-0.05, 0) is 0 Å². The van der Waals surface area contributed by atoms with Gasteiger partial charge in [-0.1, -0.05) is 12.1 Å². The van der Waals surface area contributed by atoms with Crippen molar-refractivity contribution in [3.05, 3.63) is 11.4 Å². The molecule has 0 aliphatic carbocycles. The number of nitrogens with zero attached hydrogens (tertiary/aromatic N) is 3. The van der Waals surface area contributed by atoms with Crippen LogP contribution in [0.25, 0.3) is 0 Å². The fourth-order valence-corrected chi connectivity index (χ4v) is 1.20. The molecule has 0 saturated heterocycles. The lowest BCUT2D eigenvalue weighted by Gasteiger charge is -2.08. The topological polar surface area (TPSA) is 137 Å². The summed E-state index contributed by atoms with van der Waals surface area (Å²) in [4.78, 5) is 21.6. The number of hydrogen-bond donors (Lipinski definition) is 3. The molecule has 1 aromatic rings. The second-order valence-electron chi connectivity index (χ2n) is 3.38. The Hall–Kier alpha value is -1.96. The summed E-state index contributed by atoms with van der Waals surface area (Å²) in [5.74, 6) is -2.15. The fraction of sp³-hybridized carbons (Fsp3) is 0.500. The van der Waals surface area contributed by atoms with Gasteiger partial charge in [0.2, 0.25) is 5.91 Å². The molecular formula is C8H13N5O3. The number of carboxylic acid groups (broad SMARTS) is 1. The third-order valence-corrected chi connectivity index (χ3v) is 2.17. The number of hydrogen-bond acceptors (Lipinski definition) is 5. The first-order valence-corrected chi connectivity index (χ1v) is 4.62. The highest BCUT2D eigenvalue weighted by Gasteiger charge is 2.20. The molecule has 88 valence electrons. The van der Waals surface area contributed by atoms with Gasteiger partial charge in [-0.3, -0.25) is 4.79 Å². The van der Waals surface area contributed by atoms with E-state index < -0.39 is 17.8 Å². The molecule has 1 unspecified atom stereocenters. The molecule has 0 aliphatic heterocycles. The van der Waals surface area contributed by atoms with E-state index in [2.05, 4.69) is 10.3 Å². The van der Waals surface area contributed by atoms with Crippen LogP contribution in [0, 0.1) is 5.92 Å². The Kier molecular flexibility index (Phi) is 3.56. The van der Waals surface area contributed by atoms with Crippen LogP contribution in [-0.4, -0.2) is 32.0 Å². The third kappa shape index (κ3) is 2.34. The molecule has 0 spiro atoms. The van der Waals surface area contributed by atoms with Crippen LogP contribution in [0.3, 0.4) is 0 Å². The van der Waals surface area contributed by atoms with Crippen LogP contribution < -0.4 is 11.5 Å². The van der Waals surface area contributed by atoms with Crippen molar-refractivity contribution in [2.75, 3.05) is 0 Å². The lowest BCUT2D eigenvalue weighted by Crippen LogP contribution is -2.26. The van der Waals surface area contributed by atoms with Crippen molar-refractivity contribution in [3.8, 4) is 0 Å². The van der Waals surface area contributed by atoms with Crippen molar-refractivity contribution in [1.82, 2.24) is 15.0 Å². The maximum Gasteiger partial charge on any atom is 0.358 e. The third-order valence-electron chi connectivity index (χ3n) is 2.17. The van der Waals surface area contributed by atoms with Crippen LogP contribution >= 0.6 is 0 Å². The average Bonchev–Trinajstić information content (AvgIpc) is 2.60. The molecule has 0 aromatic carbocycles. The molecule has 1 heterocycles. The summed E-state index contributed by atoms with van der Waals surface area (Å²) in [6.07, 6.45) is 0. The van der Waals surface area contributed by atoms with Gasteiger partial charge in [0.05, 0.1) is 18.2 Å². The molecule has 0 radical (unpaired) electrons. The first kappa shape index (κ1) is 12.1. The zero-order valence-corrected chi connectivity index (χ0v) is 8.75. The van der Waals surface area contributed by atoms with E-state index in [1.165, 1.54) is 4.68 Å². The van der Waals surface area contributed by atoms with Gasteiger partial charge in [-0.25, -0.2) is 9.48 Å². The van der Waals surface area contributed by atoms with E-state index in [4.69, 9.17) is 16.6 Å². The summed E-state index contributed by atoms with van der Waals surface area (Å²) in [5, 5.41) is 15.9. The van der Waals surface area contributed by atoms with Crippen molar-refractivity contribution < 1.29 is 14.7 Å². The lowest BCUT2D eigenvalue weighted by molar-refractivity contribution is -0.121. The predicted octanol–water partition coefficient (Wildman–Crippen LogP) is -1.44. The Morgan fingerprint density at radius 3 is 2.62 bits per heavy atom. The molecule has 0 fully saturated rings. The standard InChI is InChI=1S/C8H13N5O3/c1-4(7(10)14)3-13-5(2-9)6(8(15)16)11-12-13/h4H,2-3,9H2,1H3,(H2,10,14)(H,15,16). The highest BCUT2D eigenvalue weighted by atomic mass is 16.4. The number of carbonyl (C=O) groups excluding carboxylic acids is 1. The smallest absolute Gasteiger partial charge is 0.358 e. The quantitative estimate of drug-likeness (QED) is 0.563. The molecule has 8 nitrogen and oxygen atoms in total. The maximum absolute atomic E-state index is 10.9. The minimum Gasteiger partial charge on any atom is -0.476 e. The number of aromatic nitrogens is 3. The normalized spacial score (nSPS) is 12.4. The van der Waals surface area contributed by atoms with E-state index in [1.54, 1.807) is 6.92 Å². The van der Waals surface area contributed by atoms with Gasteiger partial charge in [0.15, 0.2) is 5.69 Å². The highest BCUT2D eigenvalue weighted by molar-refractivity contribution is 5.86. The van der Waals surface area contributed by atoms with E-state index in [0.717, 1.165) is 0 Å². The molecule has 1 rings (SSSR count). The number of amides is 1. The molecule has 0 aliphatic rings. The van der Waals surface area contributed by atoms with Gasteiger partial charge in [0.25, 0.3) is 0 Å². The minimum atomic E-state index is -1.20. The number of rotatable bonds is 5. The Balaban J connectivity index is 2.97. The summed E-state index contributed by atoms with van der Waals surface area (Å²) in [5.41, 5.74) is 10.6. The SMILES string of the molecule is CC(Cn1nnc(C(=O)O)c1CN)C(N)=O. The van der Waals surface area contributed by atoms with Gasteiger partial charge < -0.3 is 16.6 Å². The maximum atomic E-state index is 10.9. The number of primary amides is 1. The number of aromatic carboxylic acids is 1. The van der Waals surface area contributed by atoms with Gasteiger partial charge >= 0.3 is 5.97 Å². The Morgan fingerprint density at radius 2 is 2.19 bits per heavy atom. The second kappa shape index (κ2) is 4.71. The molecule has 16 heavy (non-hydrogen) atoms. The van der Waals surface area contributed by atoms with E-state index in [1.807, 2.05) is 0 Å². The van der Waals surface area contributed by atoms with Crippen molar-refractivity contribution in [3.63, 3.8) is 0 Å².